The number of amides is 3. The SMILES string of the molecule is Cc1ccccc1OCC(=O)N1CCN(C(=O)NC(C)(C)C)CC1. The number of hydrogen-bond acceptors (Lipinski definition) is 3. The quantitative estimate of drug-likeness (QED) is 0.920. The molecule has 2 rings (SSSR count). The van der Waals surface area contributed by atoms with Gasteiger partial charge in [0.25, 0.3) is 5.91 Å². The number of piperazine rings is 1. The third-order valence-electron chi connectivity index (χ3n) is 3.85. The Labute approximate surface area is 143 Å². The molecule has 0 unspecified atom stereocenters. The van der Waals surface area contributed by atoms with Crippen molar-refractivity contribution >= 4 is 11.9 Å². The summed E-state index contributed by atoms with van der Waals surface area (Å²) in [4.78, 5) is 27.9. The third kappa shape index (κ3) is 5.15. The van der Waals surface area contributed by atoms with E-state index >= 15 is 0 Å². The molecule has 1 aromatic rings. The standard InChI is InChI=1S/C18H27N3O3/c1-14-7-5-6-8-15(14)24-13-16(22)20-9-11-21(12-10-20)17(23)19-18(2,3)4/h5-8H,9-13H2,1-4H3,(H,19,23). The van der Waals surface area contributed by atoms with Crippen molar-refractivity contribution < 1.29 is 14.3 Å². The largest absolute Gasteiger partial charge is 0.484 e. The van der Waals surface area contributed by atoms with Crippen molar-refractivity contribution in [3.8, 4) is 5.75 Å². The number of hydrogen-bond donors (Lipinski definition) is 1. The van der Waals surface area contributed by atoms with Crippen LogP contribution in [0.15, 0.2) is 24.3 Å². The monoisotopic (exact) mass is 333 g/mol. The molecule has 6 nitrogen and oxygen atoms in total. The summed E-state index contributed by atoms with van der Waals surface area (Å²) in [5, 5.41) is 2.94. The topological polar surface area (TPSA) is 61.9 Å². The number of carbonyl (C=O) groups excluding carboxylic acids is 2. The number of carbonyl (C=O) groups is 2. The third-order valence-corrected chi connectivity index (χ3v) is 3.85. The minimum absolute atomic E-state index is 0.0268. The highest BCUT2D eigenvalue weighted by Crippen LogP contribution is 2.16. The number of ether oxygens (including phenoxy) is 1. The lowest BCUT2D eigenvalue weighted by Gasteiger charge is -2.36. The molecule has 0 spiro atoms. The predicted octanol–water partition coefficient (Wildman–Crippen LogP) is 2.03. The van der Waals surface area contributed by atoms with Gasteiger partial charge in [-0.2, -0.15) is 0 Å². The van der Waals surface area contributed by atoms with E-state index in [1.807, 2.05) is 52.0 Å². The molecule has 24 heavy (non-hydrogen) atoms. The summed E-state index contributed by atoms with van der Waals surface area (Å²) in [7, 11) is 0. The van der Waals surface area contributed by atoms with Gasteiger partial charge in [-0.15, -0.1) is 0 Å². The number of aryl methyl sites for hydroxylation is 1. The Morgan fingerprint density at radius 1 is 1.08 bits per heavy atom. The molecule has 132 valence electrons. The van der Waals surface area contributed by atoms with Crippen LogP contribution in [0.2, 0.25) is 0 Å². The zero-order valence-corrected chi connectivity index (χ0v) is 15.0. The molecule has 6 heteroatoms. The average molecular weight is 333 g/mol. The number of nitrogens with zero attached hydrogens (tertiary/aromatic N) is 2. The van der Waals surface area contributed by atoms with Crippen molar-refractivity contribution in [1.82, 2.24) is 15.1 Å². The fourth-order valence-corrected chi connectivity index (χ4v) is 2.51. The van der Waals surface area contributed by atoms with Crippen LogP contribution < -0.4 is 10.1 Å². The lowest BCUT2D eigenvalue weighted by molar-refractivity contribution is -0.134. The summed E-state index contributed by atoms with van der Waals surface area (Å²) >= 11 is 0. The molecule has 1 saturated heterocycles. The molecule has 0 atom stereocenters. The number of urea groups is 1. The van der Waals surface area contributed by atoms with Crippen LogP contribution in [0.4, 0.5) is 4.79 Å². The molecule has 0 aromatic heterocycles. The summed E-state index contributed by atoms with van der Waals surface area (Å²) in [5.41, 5.74) is 0.750. The van der Waals surface area contributed by atoms with Crippen molar-refractivity contribution in [1.29, 1.82) is 0 Å². The second kappa shape index (κ2) is 7.55. The number of benzene rings is 1. The molecule has 1 aliphatic rings. The summed E-state index contributed by atoms with van der Waals surface area (Å²) in [6, 6.07) is 7.56. The molecule has 1 fully saturated rings. The molecule has 1 heterocycles. The summed E-state index contributed by atoms with van der Waals surface area (Å²) in [6.07, 6.45) is 0. The maximum Gasteiger partial charge on any atom is 0.317 e. The molecule has 1 aromatic carbocycles. The van der Waals surface area contributed by atoms with Crippen molar-refractivity contribution in [2.24, 2.45) is 0 Å². The van der Waals surface area contributed by atoms with Gasteiger partial charge in [-0.1, -0.05) is 18.2 Å². The Morgan fingerprint density at radius 2 is 1.67 bits per heavy atom. The maximum atomic E-state index is 12.3. The van der Waals surface area contributed by atoms with E-state index in [-0.39, 0.29) is 24.1 Å². The second-order valence-corrected chi connectivity index (χ2v) is 7.10. The number of rotatable bonds is 3. The Balaban J connectivity index is 1.78. The van der Waals surface area contributed by atoms with E-state index in [0.717, 1.165) is 11.3 Å². The first-order chi connectivity index (χ1) is 11.3. The minimum atomic E-state index is -0.259. The van der Waals surface area contributed by atoms with Gasteiger partial charge in [-0.25, -0.2) is 4.79 Å². The number of para-hydroxylation sites is 1. The lowest BCUT2D eigenvalue weighted by Crippen LogP contribution is -2.56. The first-order valence-electron chi connectivity index (χ1n) is 8.29. The van der Waals surface area contributed by atoms with E-state index in [1.165, 1.54) is 0 Å². The van der Waals surface area contributed by atoms with Gasteiger partial charge in [0, 0.05) is 31.7 Å². The normalized spacial score (nSPS) is 15.2. The van der Waals surface area contributed by atoms with Crippen molar-refractivity contribution in [3.63, 3.8) is 0 Å². The molecular formula is C18H27N3O3. The predicted molar refractivity (Wildman–Crippen MR) is 93.1 cm³/mol. The summed E-state index contributed by atoms with van der Waals surface area (Å²) in [6.45, 7) is 9.98. The highest BCUT2D eigenvalue weighted by atomic mass is 16.5. The maximum absolute atomic E-state index is 12.3. The Morgan fingerprint density at radius 3 is 2.25 bits per heavy atom. The van der Waals surface area contributed by atoms with E-state index in [1.54, 1.807) is 9.80 Å². The molecule has 0 saturated carbocycles. The van der Waals surface area contributed by atoms with Crippen molar-refractivity contribution in [3.05, 3.63) is 29.8 Å². The molecule has 3 amide bonds. The first kappa shape index (κ1) is 18.1. The van der Waals surface area contributed by atoms with Gasteiger partial charge < -0.3 is 19.9 Å². The van der Waals surface area contributed by atoms with Gasteiger partial charge in [-0.3, -0.25) is 4.79 Å². The van der Waals surface area contributed by atoms with Crippen LogP contribution >= 0.6 is 0 Å². The van der Waals surface area contributed by atoms with Crippen LogP contribution in [-0.2, 0) is 4.79 Å². The minimum Gasteiger partial charge on any atom is -0.484 e. The zero-order chi connectivity index (χ0) is 17.7. The fourth-order valence-electron chi connectivity index (χ4n) is 2.51. The molecule has 1 aliphatic heterocycles. The van der Waals surface area contributed by atoms with E-state index in [2.05, 4.69) is 5.32 Å². The van der Waals surface area contributed by atoms with Crippen LogP contribution in [0.1, 0.15) is 26.3 Å². The smallest absolute Gasteiger partial charge is 0.317 e. The van der Waals surface area contributed by atoms with E-state index < -0.39 is 0 Å². The molecular weight excluding hydrogens is 306 g/mol. The molecule has 0 aliphatic carbocycles. The van der Waals surface area contributed by atoms with Crippen LogP contribution in [0, 0.1) is 6.92 Å². The van der Waals surface area contributed by atoms with Gasteiger partial charge in [0.2, 0.25) is 0 Å². The van der Waals surface area contributed by atoms with Crippen LogP contribution in [0.3, 0.4) is 0 Å². The van der Waals surface area contributed by atoms with Gasteiger partial charge >= 0.3 is 6.03 Å². The van der Waals surface area contributed by atoms with Crippen LogP contribution in [0.25, 0.3) is 0 Å². The average Bonchev–Trinajstić information content (AvgIpc) is 2.52. The Hall–Kier alpha value is -2.24. The molecule has 0 radical (unpaired) electrons. The zero-order valence-electron chi connectivity index (χ0n) is 15.0. The highest BCUT2D eigenvalue weighted by Gasteiger charge is 2.26. The van der Waals surface area contributed by atoms with Gasteiger partial charge in [0.05, 0.1) is 0 Å². The van der Waals surface area contributed by atoms with Gasteiger partial charge in [-0.05, 0) is 39.3 Å². The lowest BCUT2D eigenvalue weighted by atomic mass is 10.1. The summed E-state index contributed by atoms with van der Waals surface area (Å²) < 4.78 is 5.61. The van der Waals surface area contributed by atoms with Crippen LogP contribution in [-0.4, -0.2) is 60.1 Å². The van der Waals surface area contributed by atoms with Crippen molar-refractivity contribution in [2.45, 2.75) is 33.2 Å². The summed E-state index contributed by atoms with van der Waals surface area (Å²) in [5.74, 6) is 0.683. The van der Waals surface area contributed by atoms with E-state index in [4.69, 9.17) is 4.74 Å². The highest BCUT2D eigenvalue weighted by molar-refractivity contribution is 5.79. The fraction of sp³-hybridized carbons (Fsp3) is 0.556. The molecule has 0 bridgehead atoms. The van der Waals surface area contributed by atoms with E-state index in [0.29, 0.717) is 26.2 Å². The van der Waals surface area contributed by atoms with Gasteiger partial charge in [0.1, 0.15) is 5.75 Å². The van der Waals surface area contributed by atoms with Crippen LogP contribution in [0.5, 0.6) is 5.75 Å². The Kier molecular flexibility index (Phi) is 5.70. The second-order valence-electron chi connectivity index (χ2n) is 7.10. The van der Waals surface area contributed by atoms with Crippen molar-refractivity contribution in [2.75, 3.05) is 32.8 Å². The number of nitrogens with one attached hydrogen (secondary N) is 1. The first-order valence-corrected chi connectivity index (χ1v) is 8.29. The van der Waals surface area contributed by atoms with Gasteiger partial charge in [0.15, 0.2) is 6.61 Å². The molecule has 1 N–H and O–H groups in total. The van der Waals surface area contributed by atoms with E-state index in [9.17, 15) is 9.59 Å². The Bertz CT molecular complexity index is 587.